The SMILES string of the molecule is CCC(C)(CO)NS(=O)(=O)c1c(C)cccc1[N+](=O)[O-]. The van der Waals surface area contributed by atoms with Crippen LogP contribution in [0.4, 0.5) is 5.69 Å². The molecular formula is C12H18N2O5S. The Balaban J connectivity index is 3.40. The Hall–Kier alpha value is -1.51. The van der Waals surface area contributed by atoms with Gasteiger partial charge in [0.25, 0.3) is 5.69 Å². The number of aryl methyl sites for hydroxylation is 1. The van der Waals surface area contributed by atoms with Gasteiger partial charge < -0.3 is 5.11 Å². The fourth-order valence-electron chi connectivity index (χ4n) is 1.72. The highest BCUT2D eigenvalue weighted by atomic mass is 32.2. The standard InChI is InChI=1S/C12H18N2O5S/c1-4-12(3,8-15)13-20(18,19)11-9(2)6-5-7-10(11)14(16)17/h5-7,13,15H,4,8H2,1-3H3. The molecular weight excluding hydrogens is 284 g/mol. The van der Waals surface area contributed by atoms with E-state index in [4.69, 9.17) is 0 Å². The maximum absolute atomic E-state index is 12.4. The number of nitro benzene ring substituents is 1. The van der Waals surface area contributed by atoms with Gasteiger partial charge in [0.05, 0.1) is 17.1 Å². The second-order valence-electron chi connectivity index (χ2n) is 4.86. The summed E-state index contributed by atoms with van der Waals surface area (Å²) in [6.45, 7) is 4.34. The van der Waals surface area contributed by atoms with E-state index in [-0.39, 0.29) is 10.5 Å². The Morgan fingerprint density at radius 1 is 1.45 bits per heavy atom. The van der Waals surface area contributed by atoms with Gasteiger partial charge in [0.1, 0.15) is 0 Å². The van der Waals surface area contributed by atoms with Crippen molar-refractivity contribution in [2.45, 2.75) is 37.6 Å². The third-order valence-electron chi connectivity index (χ3n) is 3.17. The number of nitrogens with one attached hydrogen (secondary N) is 1. The lowest BCUT2D eigenvalue weighted by Crippen LogP contribution is -2.48. The first kappa shape index (κ1) is 16.5. The van der Waals surface area contributed by atoms with Gasteiger partial charge in [-0.25, -0.2) is 13.1 Å². The first-order chi connectivity index (χ1) is 9.17. The number of rotatable bonds is 6. The molecule has 1 aromatic carbocycles. The summed E-state index contributed by atoms with van der Waals surface area (Å²) >= 11 is 0. The lowest BCUT2D eigenvalue weighted by Gasteiger charge is -2.27. The van der Waals surface area contributed by atoms with Crippen LogP contribution in [0.3, 0.4) is 0 Å². The van der Waals surface area contributed by atoms with Crippen LogP contribution in [0.1, 0.15) is 25.8 Å². The molecule has 20 heavy (non-hydrogen) atoms. The number of aliphatic hydroxyl groups excluding tert-OH is 1. The molecule has 0 radical (unpaired) electrons. The summed E-state index contributed by atoms with van der Waals surface area (Å²) in [5.41, 5.74) is -1.26. The summed E-state index contributed by atoms with van der Waals surface area (Å²) in [6, 6.07) is 4.06. The van der Waals surface area contributed by atoms with Crippen molar-refractivity contribution in [2.24, 2.45) is 0 Å². The highest BCUT2D eigenvalue weighted by Crippen LogP contribution is 2.28. The molecule has 1 unspecified atom stereocenters. The molecule has 0 saturated carbocycles. The average Bonchev–Trinajstić information content (AvgIpc) is 2.37. The summed E-state index contributed by atoms with van der Waals surface area (Å²) in [5, 5.41) is 20.3. The number of hydrogen-bond donors (Lipinski definition) is 2. The van der Waals surface area contributed by atoms with Crippen LogP contribution < -0.4 is 4.72 Å². The molecule has 0 aliphatic rings. The number of hydrogen-bond acceptors (Lipinski definition) is 5. The highest BCUT2D eigenvalue weighted by molar-refractivity contribution is 7.89. The van der Waals surface area contributed by atoms with E-state index in [1.165, 1.54) is 26.0 Å². The molecule has 112 valence electrons. The minimum Gasteiger partial charge on any atom is -0.394 e. The zero-order valence-electron chi connectivity index (χ0n) is 11.6. The number of benzene rings is 1. The van der Waals surface area contributed by atoms with E-state index in [0.29, 0.717) is 6.42 Å². The molecule has 0 bridgehead atoms. The third-order valence-corrected chi connectivity index (χ3v) is 5.00. The lowest BCUT2D eigenvalue weighted by atomic mass is 10.0. The van der Waals surface area contributed by atoms with E-state index >= 15 is 0 Å². The molecule has 0 spiro atoms. The zero-order chi connectivity index (χ0) is 15.6. The molecule has 1 rings (SSSR count). The van der Waals surface area contributed by atoms with Crippen LogP contribution in [0, 0.1) is 17.0 Å². The van der Waals surface area contributed by atoms with E-state index in [2.05, 4.69) is 4.72 Å². The van der Waals surface area contributed by atoms with Crippen molar-refractivity contribution in [2.75, 3.05) is 6.61 Å². The molecule has 0 aromatic heterocycles. The van der Waals surface area contributed by atoms with E-state index < -0.39 is 32.8 Å². The first-order valence-electron chi connectivity index (χ1n) is 6.05. The smallest absolute Gasteiger partial charge is 0.289 e. The van der Waals surface area contributed by atoms with Crippen LogP contribution >= 0.6 is 0 Å². The van der Waals surface area contributed by atoms with Gasteiger partial charge in [0, 0.05) is 6.07 Å². The van der Waals surface area contributed by atoms with Crippen molar-refractivity contribution in [3.05, 3.63) is 33.9 Å². The van der Waals surface area contributed by atoms with Crippen molar-refractivity contribution in [1.82, 2.24) is 4.72 Å². The van der Waals surface area contributed by atoms with Crippen LogP contribution in [0.2, 0.25) is 0 Å². The van der Waals surface area contributed by atoms with E-state index in [9.17, 15) is 23.6 Å². The van der Waals surface area contributed by atoms with Gasteiger partial charge in [-0.2, -0.15) is 0 Å². The van der Waals surface area contributed by atoms with Gasteiger partial charge in [-0.05, 0) is 25.8 Å². The molecule has 0 saturated heterocycles. The van der Waals surface area contributed by atoms with E-state index in [1.807, 2.05) is 0 Å². The number of nitro groups is 1. The minimum absolute atomic E-state index is 0.281. The fraction of sp³-hybridized carbons (Fsp3) is 0.500. The average molecular weight is 302 g/mol. The van der Waals surface area contributed by atoms with Gasteiger partial charge in [-0.3, -0.25) is 10.1 Å². The van der Waals surface area contributed by atoms with Crippen molar-refractivity contribution in [3.63, 3.8) is 0 Å². The lowest BCUT2D eigenvalue weighted by molar-refractivity contribution is -0.387. The summed E-state index contributed by atoms with van der Waals surface area (Å²) < 4.78 is 27.1. The van der Waals surface area contributed by atoms with Crippen molar-refractivity contribution < 1.29 is 18.4 Å². The van der Waals surface area contributed by atoms with Gasteiger partial charge in [-0.15, -0.1) is 0 Å². The Morgan fingerprint density at radius 2 is 2.05 bits per heavy atom. The minimum atomic E-state index is -4.10. The van der Waals surface area contributed by atoms with Crippen LogP contribution in [0.15, 0.2) is 23.1 Å². The molecule has 1 atom stereocenters. The molecule has 8 heteroatoms. The molecule has 0 amide bonds. The monoisotopic (exact) mass is 302 g/mol. The normalized spacial score (nSPS) is 14.8. The first-order valence-corrected chi connectivity index (χ1v) is 7.54. The predicted molar refractivity (Wildman–Crippen MR) is 73.9 cm³/mol. The summed E-state index contributed by atoms with van der Waals surface area (Å²) in [4.78, 5) is 9.89. The van der Waals surface area contributed by atoms with E-state index in [0.717, 1.165) is 6.07 Å². The van der Waals surface area contributed by atoms with Gasteiger partial charge >= 0.3 is 0 Å². The quantitative estimate of drug-likeness (QED) is 0.608. The Morgan fingerprint density at radius 3 is 2.50 bits per heavy atom. The molecule has 0 aliphatic carbocycles. The summed E-state index contributed by atoms with van der Waals surface area (Å²) in [7, 11) is -4.10. The molecule has 0 heterocycles. The molecule has 7 nitrogen and oxygen atoms in total. The van der Waals surface area contributed by atoms with Gasteiger partial charge in [0.2, 0.25) is 10.0 Å². The van der Waals surface area contributed by atoms with Crippen molar-refractivity contribution in [1.29, 1.82) is 0 Å². The van der Waals surface area contributed by atoms with Gasteiger partial charge in [-0.1, -0.05) is 19.1 Å². The topological polar surface area (TPSA) is 110 Å². The maximum Gasteiger partial charge on any atom is 0.289 e. The third kappa shape index (κ3) is 3.33. The van der Waals surface area contributed by atoms with Crippen LogP contribution in [0.5, 0.6) is 0 Å². The number of nitrogens with zero attached hydrogens (tertiary/aromatic N) is 1. The molecule has 2 N–H and O–H groups in total. The Bertz CT molecular complexity index is 608. The summed E-state index contributed by atoms with van der Waals surface area (Å²) in [6.07, 6.45) is 0.350. The molecule has 0 fully saturated rings. The van der Waals surface area contributed by atoms with Crippen molar-refractivity contribution >= 4 is 15.7 Å². The van der Waals surface area contributed by atoms with Crippen LogP contribution in [-0.2, 0) is 10.0 Å². The second kappa shape index (κ2) is 5.86. The van der Waals surface area contributed by atoms with E-state index in [1.54, 1.807) is 6.92 Å². The molecule has 1 aromatic rings. The maximum atomic E-state index is 12.4. The zero-order valence-corrected chi connectivity index (χ0v) is 12.4. The van der Waals surface area contributed by atoms with Crippen LogP contribution in [0.25, 0.3) is 0 Å². The second-order valence-corrected chi connectivity index (χ2v) is 6.48. The number of aliphatic hydroxyl groups is 1. The Labute approximate surface area is 117 Å². The number of sulfonamides is 1. The fourth-order valence-corrected chi connectivity index (χ4v) is 3.59. The van der Waals surface area contributed by atoms with Crippen molar-refractivity contribution in [3.8, 4) is 0 Å². The highest BCUT2D eigenvalue weighted by Gasteiger charge is 2.34. The Kier molecular flexibility index (Phi) is 4.85. The largest absolute Gasteiger partial charge is 0.394 e. The van der Waals surface area contributed by atoms with Crippen LogP contribution in [-0.4, -0.2) is 30.6 Å². The molecule has 0 aliphatic heterocycles. The predicted octanol–water partition coefficient (Wildman–Crippen LogP) is 1.34. The summed E-state index contributed by atoms with van der Waals surface area (Å²) in [5.74, 6) is 0. The van der Waals surface area contributed by atoms with Gasteiger partial charge in [0.15, 0.2) is 4.90 Å².